The summed E-state index contributed by atoms with van der Waals surface area (Å²) in [5, 5.41) is 7.29. The van der Waals surface area contributed by atoms with Crippen LogP contribution < -0.4 is 10.6 Å². The second-order valence-electron chi connectivity index (χ2n) is 8.82. The molecule has 3 rings (SSSR count). The number of rotatable bonds is 8. The van der Waals surface area contributed by atoms with Crippen molar-refractivity contribution in [3.8, 4) is 0 Å². The number of nitrogens with one attached hydrogen (secondary N) is 2. The minimum atomic E-state index is -0.210. The van der Waals surface area contributed by atoms with Crippen LogP contribution in [0.5, 0.6) is 0 Å². The number of piperidine rings is 2. The van der Waals surface area contributed by atoms with E-state index in [2.05, 4.69) is 29.0 Å². The first-order valence-electron chi connectivity index (χ1n) is 11.9. The van der Waals surface area contributed by atoms with Gasteiger partial charge in [0.25, 0.3) is 0 Å². The summed E-state index contributed by atoms with van der Waals surface area (Å²) in [4.78, 5) is 21.1. The Morgan fingerprint density at radius 3 is 2.41 bits per heavy atom. The maximum Gasteiger partial charge on any atom is 0.409 e. The van der Waals surface area contributed by atoms with Crippen LogP contribution in [-0.4, -0.2) is 79.8 Å². The molecule has 2 saturated heterocycles. The molecule has 1 aromatic rings. The first-order chi connectivity index (χ1) is 15.5. The van der Waals surface area contributed by atoms with Crippen molar-refractivity contribution in [2.24, 2.45) is 4.99 Å². The van der Waals surface area contributed by atoms with Crippen molar-refractivity contribution in [2.75, 3.05) is 45.9 Å². The average molecular weight is 446 g/mol. The van der Waals surface area contributed by atoms with Crippen LogP contribution in [0, 0.1) is 0 Å². The Bertz CT molecular complexity index is 733. The number of hydrogen-bond donors (Lipinski definition) is 2. The second kappa shape index (κ2) is 12.5. The molecule has 32 heavy (non-hydrogen) atoms. The molecule has 1 aromatic heterocycles. The number of ether oxygens (including phenoxy) is 1. The molecule has 8 nitrogen and oxygen atoms in total. The van der Waals surface area contributed by atoms with Crippen LogP contribution in [-0.2, 0) is 11.2 Å². The molecule has 0 aromatic carbocycles. The van der Waals surface area contributed by atoms with E-state index in [1.54, 1.807) is 11.2 Å². The molecule has 1 amide bonds. The van der Waals surface area contributed by atoms with Crippen LogP contribution in [0.4, 0.5) is 4.79 Å². The maximum absolute atomic E-state index is 12.0. The molecule has 0 saturated carbocycles. The summed E-state index contributed by atoms with van der Waals surface area (Å²) in [5.41, 5.74) is 1.22. The molecule has 2 aliphatic rings. The second-order valence-corrected chi connectivity index (χ2v) is 8.82. The van der Waals surface area contributed by atoms with Crippen molar-refractivity contribution >= 4 is 12.1 Å². The molecule has 0 bridgehead atoms. The highest BCUT2D eigenvalue weighted by molar-refractivity contribution is 5.80. The van der Waals surface area contributed by atoms with E-state index in [4.69, 9.17) is 14.1 Å². The summed E-state index contributed by atoms with van der Waals surface area (Å²) >= 11 is 0. The molecular weight excluding hydrogens is 406 g/mol. The minimum Gasteiger partial charge on any atom is -0.469 e. The number of aliphatic imine (C=N–C) groups is 1. The highest BCUT2D eigenvalue weighted by atomic mass is 16.6. The third-order valence-electron chi connectivity index (χ3n) is 5.99. The van der Waals surface area contributed by atoms with Gasteiger partial charge in [0.05, 0.1) is 12.9 Å². The number of carbonyl (C=O) groups is 1. The van der Waals surface area contributed by atoms with Gasteiger partial charge in [-0.15, -0.1) is 0 Å². The summed E-state index contributed by atoms with van der Waals surface area (Å²) in [6.07, 6.45) is 6.22. The summed E-state index contributed by atoms with van der Waals surface area (Å²) in [6, 6.07) is 4.59. The van der Waals surface area contributed by atoms with E-state index in [0.29, 0.717) is 38.3 Å². The Balaban J connectivity index is 1.52. The van der Waals surface area contributed by atoms with Crippen LogP contribution in [0.25, 0.3) is 0 Å². The first-order valence-corrected chi connectivity index (χ1v) is 11.9. The molecule has 8 heteroatoms. The number of likely N-dealkylation sites (tertiary alicyclic amines) is 2. The van der Waals surface area contributed by atoms with Crippen LogP contribution in [0.15, 0.2) is 40.0 Å². The number of amides is 1. The van der Waals surface area contributed by atoms with Gasteiger partial charge in [0.2, 0.25) is 0 Å². The topological polar surface area (TPSA) is 82.3 Å². The van der Waals surface area contributed by atoms with Gasteiger partial charge in [0, 0.05) is 57.8 Å². The fourth-order valence-corrected chi connectivity index (χ4v) is 4.29. The lowest BCUT2D eigenvalue weighted by Crippen LogP contribution is -2.53. The van der Waals surface area contributed by atoms with E-state index in [1.165, 1.54) is 5.57 Å². The molecular formula is C24H39N5O3. The number of hydrogen-bond acceptors (Lipinski definition) is 5. The van der Waals surface area contributed by atoms with Gasteiger partial charge < -0.3 is 24.7 Å². The predicted octanol–water partition coefficient (Wildman–Crippen LogP) is 3.02. The van der Waals surface area contributed by atoms with Crippen LogP contribution in [0.2, 0.25) is 0 Å². The lowest BCUT2D eigenvalue weighted by molar-refractivity contribution is 0.0962. The fourth-order valence-electron chi connectivity index (χ4n) is 4.29. The van der Waals surface area contributed by atoms with Crippen molar-refractivity contribution in [2.45, 2.75) is 58.0 Å². The average Bonchev–Trinajstić information content (AvgIpc) is 3.29. The summed E-state index contributed by atoms with van der Waals surface area (Å²) in [7, 11) is 0. The van der Waals surface area contributed by atoms with Crippen molar-refractivity contribution in [1.82, 2.24) is 20.4 Å². The Kier molecular flexibility index (Phi) is 9.46. The molecule has 3 heterocycles. The highest BCUT2D eigenvalue weighted by Crippen LogP contribution is 2.14. The van der Waals surface area contributed by atoms with Gasteiger partial charge in [-0.05, 0) is 51.7 Å². The van der Waals surface area contributed by atoms with Crippen molar-refractivity contribution in [3.05, 3.63) is 36.3 Å². The van der Waals surface area contributed by atoms with Gasteiger partial charge in [-0.1, -0.05) is 12.2 Å². The third-order valence-corrected chi connectivity index (χ3v) is 5.99. The molecule has 0 unspecified atom stereocenters. The Hall–Kier alpha value is -2.48. The SMILES string of the molecule is C=C(C)CN1CCC(NC(=NCCc2ccco2)NC2CCN(C(=O)OCC)CC2)CC1. The lowest BCUT2D eigenvalue weighted by atomic mass is 10.0. The maximum atomic E-state index is 12.0. The number of guanidine groups is 1. The summed E-state index contributed by atoms with van der Waals surface area (Å²) in [5.74, 6) is 1.81. The molecule has 2 N–H and O–H groups in total. The molecule has 0 aliphatic carbocycles. The quantitative estimate of drug-likeness (QED) is 0.364. The summed E-state index contributed by atoms with van der Waals surface area (Å²) < 4.78 is 10.6. The van der Waals surface area contributed by atoms with E-state index in [0.717, 1.165) is 63.5 Å². The van der Waals surface area contributed by atoms with Gasteiger partial charge in [-0.25, -0.2) is 4.79 Å². The fraction of sp³-hybridized carbons (Fsp3) is 0.667. The monoisotopic (exact) mass is 445 g/mol. The minimum absolute atomic E-state index is 0.210. The Labute approximate surface area is 192 Å². The third kappa shape index (κ3) is 7.89. The van der Waals surface area contributed by atoms with E-state index in [-0.39, 0.29) is 6.09 Å². The van der Waals surface area contributed by atoms with Gasteiger partial charge >= 0.3 is 6.09 Å². The van der Waals surface area contributed by atoms with E-state index >= 15 is 0 Å². The van der Waals surface area contributed by atoms with Gasteiger partial charge in [-0.2, -0.15) is 0 Å². The highest BCUT2D eigenvalue weighted by Gasteiger charge is 2.25. The van der Waals surface area contributed by atoms with Crippen LogP contribution in [0.1, 0.15) is 45.3 Å². The van der Waals surface area contributed by atoms with Gasteiger partial charge in [-0.3, -0.25) is 9.89 Å². The number of carbonyl (C=O) groups excluding carboxylic acids is 1. The Morgan fingerprint density at radius 2 is 1.84 bits per heavy atom. The van der Waals surface area contributed by atoms with Crippen LogP contribution >= 0.6 is 0 Å². The van der Waals surface area contributed by atoms with Crippen molar-refractivity contribution in [3.63, 3.8) is 0 Å². The molecule has 0 radical (unpaired) electrons. The smallest absolute Gasteiger partial charge is 0.409 e. The largest absolute Gasteiger partial charge is 0.469 e. The zero-order chi connectivity index (χ0) is 22.8. The first kappa shape index (κ1) is 24.2. The normalized spacial score (nSPS) is 19.1. The standard InChI is InChI=1S/C24H39N5O3/c1-4-31-24(30)29-15-10-21(11-16-29)27-23(25-12-7-22-6-5-17-32-22)26-20-8-13-28(14-9-20)18-19(2)3/h5-6,17,20-21H,2,4,7-16,18H2,1,3H3,(H2,25,26,27). The van der Waals surface area contributed by atoms with Crippen molar-refractivity contribution in [1.29, 1.82) is 0 Å². The van der Waals surface area contributed by atoms with E-state index < -0.39 is 0 Å². The lowest BCUT2D eigenvalue weighted by Gasteiger charge is -2.35. The zero-order valence-corrected chi connectivity index (χ0v) is 19.6. The summed E-state index contributed by atoms with van der Waals surface area (Å²) in [6.45, 7) is 13.6. The molecule has 178 valence electrons. The number of nitrogens with zero attached hydrogens (tertiary/aromatic N) is 3. The Morgan fingerprint density at radius 1 is 1.19 bits per heavy atom. The molecule has 2 fully saturated rings. The molecule has 2 aliphatic heterocycles. The van der Waals surface area contributed by atoms with Gasteiger partial charge in [0.1, 0.15) is 5.76 Å². The van der Waals surface area contributed by atoms with Crippen LogP contribution in [0.3, 0.4) is 0 Å². The van der Waals surface area contributed by atoms with E-state index in [9.17, 15) is 4.79 Å². The van der Waals surface area contributed by atoms with E-state index in [1.807, 2.05) is 19.1 Å². The van der Waals surface area contributed by atoms with Gasteiger partial charge in [0.15, 0.2) is 5.96 Å². The molecule has 0 atom stereocenters. The zero-order valence-electron chi connectivity index (χ0n) is 19.6. The predicted molar refractivity (Wildman–Crippen MR) is 127 cm³/mol. The number of furan rings is 1. The van der Waals surface area contributed by atoms with Crippen molar-refractivity contribution < 1.29 is 13.9 Å². The molecule has 0 spiro atoms.